The fourth-order valence-electron chi connectivity index (χ4n) is 0.692. The summed E-state index contributed by atoms with van der Waals surface area (Å²) in [5.41, 5.74) is -0.192. The van der Waals surface area contributed by atoms with E-state index in [0.29, 0.717) is 0 Å². The van der Waals surface area contributed by atoms with Gasteiger partial charge >= 0.3 is 0 Å². The molecule has 1 rings (SSSR count). The van der Waals surface area contributed by atoms with Crippen molar-refractivity contribution in [3.8, 4) is 6.07 Å². The van der Waals surface area contributed by atoms with Crippen LogP contribution in [-0.4, -0.2) is 0 Å². The van der Waals surface area contributed by atoms with Crippen LogP contribution in [0.4, 0.5) is 10.1 Å². The highest BCUT2D eigenvalue weighted by Crippen LogP contribution is 2.19. The molecule has 0 saturated carbocycles. The summed E-state index contributed by atoms with van der Waals surface area (Å²) in [7, 11) is 0. The number of hydrogen-bond acceptors (Lipinski definition) is 1. The third-order valence-corrected chi connectivity index (χ3v) is 1.22. The standard InChI is InChI=1S/C8H3FN2/c1-11-7-4-2-3-6(5-10)8(7)9/h2-4H. The Bertz CT molecular complexity index is 325. The van der Waals surface area contributed by atoms with Gasteiger partial charge < -0.3 is 0 Å². The van der Waals surface area contributed by atoms with E-state index >= 15 is 0 Å². The summed E-state index contributed by atoms with van der Waals surface area (Å²) in [5.74, 6) is -0.731. The summed E-state index contributed by atoms with van der Waals surface area (Å²) < 4.78 is 12.8. The van der Waals surface area contributed by atoms with E-state index in [1.54, 1.807) is 6.07 Å². The molecule has 0 bridgehead atoms. The Morgan fingerprint density at radius 3 is 2.82 bits per heavy atom. The first-order valence-electron chi connectivity index (χ1n) is 2.85. The molecule has 52 valence electrons. The SMILES string of the molecule is [C-]#[N+]c1cccc(C#N)c1F. The van der Waals surface area contributed by atoms with Gasteiger partial charge in [0.05, 0.1) is 12.1 Å². The minimum absolute atomic E-state index is 0.0847. The highest BCUT2D eigenvalue weighted by Gasteiger charge is 2.05. The molecule has 0 saturated heterocycles. The van der Waals surface area contributed by atoms with Crippen LogP contribution in [0.5, 0.6) is 0 Å². The number of halogens is 1. The number of benzene rings is 1. The van der Waals surface area contributed by atoms with Crippen LogP contribution >= 0.6 is 0 Å². The molecule has 0 fully saturated rings. The van der Waals surface area contributed by atoms with Gasteiger partial charge in [0.2, 0.25) is 5.69 Å². The lowest BCUT2D eigenvalue weighted by Crippen LogP contribution is -1.81. The van der Waals surface area contributed by atoms with Gasteiger partial charge in [-0.05, 0) is 6.07 Å². The van der Waals surface area contributed by atoms with Crippen molar-refractivity contribution < 1.29 is 4.39 Å². The highest BCUT2D eigenvalue weighted by molar-refractivity contribution is 5.51. The maximum Gasteiger partial charge on any atom is 0.223 e. The van der Waals surface area contributed by atoms with Crippen molar-refractivity contribution in [3.05, 3.63) is 41.0 Å². The Hall–Kier alpha value is -1.87. The van der Waals surface area contributed by atoms with Gasteiger partial charge in [-0.2, -0.15) is 5.26 Å². The van der Waals surface area contributed by atoms with Gasteiger partial charge in [0, 0.05) is 0 Å². The van der Waals surface area contributed by atoms with E-state index < -0.39 is 5.82 Å². The molecule has 0 amide bonds. The molecule has 0 unspecified atom stereocenters. The van der Waals surface area contributed by atoms with Gasteiger partial charge in [-0.3, -0.25) is 0 Å². The van der Waals surface area contributed by atoms with Crippen LogP contribution < -0.4 is 0 Å². The fraction of sp³-hybridized carbons (Fsp3) is 0. The Morgan fingerprint density at radius 1 is 1.55 bits per heavy atom. The third-order valence-electron chi connectivity index (χ3n) is 1.22. The van der Waals surface area contributed by atoms with Gasteiger partial charge in [0.15, 0.2) is 0 Å². The maximum absolute atomic E-state index is 12.8. The number of nitriles is 1. The minimum atomic E-state index is -0.731. The molecule has 0 aromatic heterocycles. The Balaban J connectivity index is 3.38. The first-order chi connectivity index (χ1) is 5.29. The fourth-order valence-corrected chi connectivity index (χ4v) is 0.692. The average Bonchev–Trinajstić information content (AvgIpc) is 2.05. The van der Waals surface area contributed by atoms with Crippen molar-refractivity contribution in [1.29, 1.82) is 5.26 Å². The van der Waals surface area contributed by atoms with Crippen LogP contribution in [0.3, 0.4) is 0 Å². The number of hydrogen-bond donors (Lipinski definition) is 0. The smallest absolute Gasteiger partial charge is 0.223 e. The van der Waals surface area contributed by atoms with E-state index in [1.165, 1.54) is 18.2 Å². The van der Waals surface area contributed by atoms with Crippen molar-refractivity contribution in [2.45, 2.75) is 0 Å². The summed E-state index contributed by atoms with van der Waals surface area (Å²) in [5, 5.41) is 8.35. The lowest BCUT2D eigenvalue weighted by molar-refractivity contribution is 0.630. The predicted octanol–water partition coefficient (Wildman–Crippen LogP) is 2.25. The molecule has 0 aliphatic heterocycles. The van der Waals surface area contributed by atoms with Crippen molar-refractivity contribution in [1.82, 2.24) is 0 Å². The van der Waals surface area contributed by atoms with E-state index in [-0.39, 0.29) is 11.3 Å². The largest absolute Gasteiger partial charge is 0.235 e. The van der Waals surface area contributed by atoms with Gasteiger partial charge in [-0.25, -0.2) is 9.24 Å². The van der Waals surface area contributed by atoms with Crippen molar-refractivity contribution >= 4 is 5.69 Å². The zero-order chi connectivity index (χ0) is 8.27. The first-order valence-corrected chi connectivity index (χ1v) is 2.85. The van der Waals surface area contributed by atoms with Crippen LogP contribution in [0.2, 0.25) is 0 Å². The summed E-state index contributed by atoms with van der Waals surface area (Å²) in [6.45, 7) is 6.53. The van der Waals surface area contributed by atoms with Crippen molar-refractivity contribution in [2.75, 3.05) is 0 Å². The summed E-state index contributed by atoms with van der Waals surface area (Å²) in [6.07, 6.45) is 0. The zero-order valence-corrected chi connectivity index (χ0v) is 5.50. The van der Waals surface area contributed by atoms with Crippen LogP contribution in [-0.2, 0) is 0 Å². The normalized spacial score (nSPS) is 8.27. The van der Waals surface area contributed by atoms with Gasteiger partial charge in [-0.15, -0.1) is 0 Å². The summed E-state index contributed by atoms with van der Waals surface area (Å²) in [4.78, 5) is 2.90. The highest BCUT2D eigenvalue weighted by atomic mass is 19.1. The quantitative estimate of drug-likeness (QED) is 0.516. The van der Waals surface area contributed by atoms with Crippen molar-refractivity contribution in [2.24, 2.45) is 0 Å². The van der Waals surface area contributed by atoms with E-state index in [4.69, 9.17) is 11.8 Å². The number of rotatable bonds is 0. The number of nitrogens with zero attached hydrogens (tertiary/aromatic N) is 2. The predicted molar refractivity (Wildman–Crippen MR) is 37.4 cm³/mol. The Labute approximate surface area is 63.3 Å². The summed E-state index contributed by atoms with van der Waals surface area (Å²) in [6, 6.07) is 5.81. The Morgan fingerprint density at radius 2 is 2.27 bits per heavy atom. The molecule has 0 atom stereocenters. The van der Waals surface area contributed by atoms with E-state index in [9.17, 15) is 4.39 Å². The van der Waals surface area contributed by atoms with Crippen molar-refractivity contribution in [3.63, 3.8) is 0 Å². The first kappa shape index (κ1) is 7.24. The van der Waals surface area contributed by atoms with Crippen LogP contribution in [0.1, 0.15) is 5.56 Å². The maximum atomic E-state index is 12.8. The lowest BCUT2D eigenvalue weighted by atomic mass is 10.2. The molecule has 0 aliphatic rings. The van der Waals surface area contributed by atoms with Crippen LogP contribution in [0, 0.1) is 23.7 Å². The average molecular weight is 146 g/mol. The molecule has 0 heterocycles. The van der Waals surface area contributed by atoms with Crippen LogP contribution in [0.25, 0.3) is 4.85 Å². The van der Waals surface area contributed by atoms with E-state index in [2.05, 4.69) is 4.85 Å². The molecule has 2 nitrogen and oxygen atoms in total. The third kappa shape index (κ3) is 1.17. The molecule has 0 spiro atoms. The van der Waals surface area contributed by atoms with E-state index in [0.717, 1.165) is 0 Å². The van der Waals surface area contributed by atoms with Crippen LogP contribution in [0.15, 0.2) is 18.2 Å². The van der Waals surface area contributed by atoms with E-state index in [1.807, 2.05) is 0 Å². The zero-order valence-electron chi connectivity index (χ0n) is 5.50. The molecule has 3 heteroatoms. The molecule has 0 aliphatic carbocycles. The monoisotopic (exact) mass is 146 g/mol. The second-order valence-corrected chi connectivity index (χ2v) is 1.86. The topological polar surface area (TPSA) is 28.1 Å². The summed E-state index contributed by atoms with van der Waals surface area (Å²) >= 11 is 0. The van der Waals surface area contributed by atoms with Gasteiger partial charge in [0.25, 0.3) is 0 Å². The molecule has 11 heavy (non-hydrogen) atoms. The van der Waals surface area contributed by atoms with Gasteiger partial charge in [0.1, 0.15) is 11.9 Å². The second kappa shape index (κ2) is 2.81. The lowest BCUT2D eigenvalue weighted by Gasteiger charge is -1.92. The molecular weight excluding hydrogens is 143 g/mol. The Kier molecular flexibility index (Phi) is 1.85. The van der Waals surface area contributed by atoms with Gasteiger partial charge in [-0.1, -0.05) is 12.1 Å². The minimum Gasteiger partial charge on any atom is -0.235 e. The second-order valence-electron chi connectivity index (χ2n) is 1.86. The molecule has 0 radical (unpaired) electrons. The molecule has 0 N–H and O–H groups in total. The molecule has 1 aromatic carbocycles. The molecule has 1 aromatic rings. The molecular formula is C8H3FN2.